The van der Waals surface area contributed by atoms with E-state index < -0.39 is 10.0 Å². The monoisotopic (exact) mass is 418 g/mol. The predicted octanol–water partition coefficient (Wildman–Crippen LogP) is 2.12. The van der Waals surface area contributed by atoms with E-state index in [0.29, 0.717) is 43.8 Å². The van der Waals surface area contributed by atoms with E-state index >= 15 is 0 Å². The van der Waals surface area contributed by atoms with Crippen LogP contribution in [0.25, 0.3) is 0 Å². The molecule has 29 heavy (non-hydrogen) atoms. The third-order valence-electron chi connectivity index (χ3n) is 5.26. The number of aromatic nitrogens is 2. The highest BCUT2D eigenvalue weighted by Gasteiger charge is 2.30. The summed E-state index contributed by atoms with van der Waals surface area (Å²) in [7, 11) is -3.29. The molecule has 0 spiro atoms. The smallest absolute Gasteiger partial charge is 0.229 e. The highest BCUT2D eigenvalue weighted by Crippen LogP contribution is 2.32. The van der Waals surface area contributed by atoms with E-state index in [1.165, 1.54) is 4.31 Å². The summed E-state index contributed by atoms with van der Waals surface area (Å²) in [5.41, 5.74) is 2.73. The summed E-state index contributed by atoms with van der Waals surface area (Å²) in [6.45, 7) is 7.04. The Labute approximate surface area is 171 Å². The molecule has 0 amide bonds. The molecule has 0 atom stereocenters. The van der Waals surface area contributed by atoms with Crippen molar-refractivity contribution in [2.45, 2.75) is 26.8 Å². The molecule has 9 heteroatoms. The number of sulfonamides is 1. The van der Waals surface area contributed by atoms with Crippen molar-refractivity contribution in [2.75, 3.05) is 43.5 Å². The first-order valence-corrected chi connectivity index (χ1v) is 11.5. The van der Waals surface area contributed by atoms with Crippen LogP contribution in [0.5, 0.6) is 11.6 Å². The molecule has 1 saturated heterocycles. The lowest BCUT2D eigenvalue weighted by Crippen LogP contribution is -2.40. The van der Waals surface area contributed by atoms with Gasteiger partial charge < -0.3 is 14.4 Å². The minimum Gasteiger partial charge on any atom is -0.439 e. The molecule has 0 unspecified atom stereocenters. The molecule has 156 valence electrons. The first-order valence-electron chi connectivity index (χ1n) is 9.91. The van der Waals surface area contributed by atoms with E-state index in [1.54, 1.807) is 6.92 Å². The molecule has 2 aliphatic heterocycles. The van der Waals surface area contributed by atoms with Crippen LogP contribution in [0.4, 0.5) is 5.95 Å². The normalized spacial score (nSPS) is 17.8. The highest BCUT2D eigenvalue weighted by atomic mass is 32.2. The molecule has 0 bridgehead atoms. The summed E-state index contributed by atoms with van der Waals surface area (Å²) < 4.78 is 37.9. The Hall–Kier alpha value is -2.23. The van der Waals surface area contributed by atoms with Crippen LogP contribution < -0.4 is 9.64 Å². The number of ether oxygens (including phenoxy) is 2. The van der Waals surface area contributed by atoms with E-state index in [-0.39, 0.29) is 12.3 Å². The van der Waals surface area contributed by atoms with Crippen molar-refractivity contribution in [3.63, 3.8) is 0 Å². The first-order chi connectivity index (χ1) is 14.0. The number of hydrogen-bond acceptors (Lipinski definition) is 7. The summed E-state index contributed by atoms with van der Waals surface area (Å²) in [6.07, 6.45) is 0.540. The number of benzene rings is 1. The Morgan fingerprint density at radius 2 is 1.83 bits per heavy atom. The lowest BCUT2D eigenvalue weighted by atomic mass is 10.1. The summed E-state index contributed by atoms with van der Waals surface area (Å²) in [5, 5.41) is 0. The summed E-state index contributed by atoms with van der Waals surface area (Å²) >= 11 is 0. The van der Waals surface area contributed by atoms with E-state index in [0.717, 1.165) is 29.9 Å². The lowest BCUT2D eigenvalue weighted by Gasteiger charge is -2.31. The lowest BCUT2D eigenvalue weighted by molar-refractivity contribution is 0.122. The van der Waals surface area contributed by atoms with Crippen LogP contribution in [0.3, 0.4) is 0 Å². The molecular weight excluding hydrogens is 392 g/mol. The average Bonchev–Trinajstić information content (AvgIpc) is 2.75. The highest BCUT2D eigenvalue weighted by molar-refractivity contribution is 7.89. The standard InChI is InChI=1S/C20H26N4O4S/c1-3-29(25,26)24-9-8-18-17(14-24)19(28-16-6-4-15(2)5-7-16)22-20(21-18)23-10-12-27-13-11-23/h4-7H,3,8-14H2,1-2H3. The van der Waals surface area contributed by atoms with Gasteiger partial charge in [0.25, 0.3) is 0 Å². The van der Waals surface area contributed by atoms with Gasteiger partial charge in [-0.15, -0.1) is 0 Å². The van der Waals surface area contributed by atoms with Crippen LogP contribution in [-0.2, 0) is 27.7 Å². The Bertz CT molecular complexity index is 973. The number of anilines is 1. The van der Waals surface area contributed by atoms with Crippen molar-refractivity contribution in [3.05, 3.63) is 41.1 Å². The second-order valence-corrected chi connectivity index (χ2v) is 9.51. The summed E-state index contributed by atoms with van der Waals surface area (Å²) in [6, 6.07) is 7.72. The Balaban J connectivity index is 1.72. The molecule has 1 fully saturated rings. The van der Waals surface area contributed by atoms with Crippen molar-refractivity contribution >= 4 is 16.0 Å². The Morgan fingerprint density at radius 3 is 2.52 bits per heavy atom. The maximum atomic E-state index is 12.4. The van der Waals surface area contributed by atoms with Gasteiger partial charge >= 0.3 is 0 Å². The zero-order chi connectivity index (χ0) is 20.4. The summed E-state index contributed by atoms with van der Waals surface area (Å²) in [5.74, 6) is 1.78. The molecule has 1 aromatic heterocycles. The molecule has 1 aromatic carbocycles. The van der Waals surface area contributed by atoms with Crippen molar-refractivity contribution in [2.24, 2.45) is 0 Å². The third kappa shape index (κ3) is 4.36. The van der Waals surface area contributed by atoms with Gasteiger partial charge in [-0.25, -0.2) is 13.4 Å². The molecule has 2 aliphatic rings. The summed E-state index contributed by atoms with van der Waals surface area (Å²) in [4.78, 5) is 11.5. The van der Waals surface area contributed by atoms with Crippen LogP contribution >= 0.6 is 0 Å². The SMILES string of the molecule is CCS(=O)(=O)N1CCc2nc(N3CCOCC3)nc(Oc3ccc(C)cc3)c2C1. The van der Waals surface area contributed by atoms with Gasteiger partial charge in [-0.1, -0.05) is 17.7 Å². The third-order valence-corrected chi connectivity index (χ3v) is 7.09. The van der Waals surface area contributed by atoms with Gasteiger partial charge in [-0.3, -0.25) is 0 Å². The van der Waals surface area contributed by atoms with Crippen molar-refractivity contribution in [3.8, 4) is 11.6 Å². The fourth-order valence-electron chi connectivity index (χ4n) is 3.47. The second kappa shape index (κ2) is 8.25. The first kappa shape index (κ1) is 20.1. The molecular formula is C20H26N4O4S. The van der Waals surface area contributed by atoms with Gasteiger partial charge in [-0.05, 0) is 26.0 Å². The van der Waals surface area contributed by atoms with Crippen LogP contribution in [-0.4, -0.2) is 61.3 Å². The number of fused-ring (bicyclic) bond motifs is 1. The molecule has 2 aromatic rings. The van der Waals surface area contributed by atoms with E-state index in [9.17, 15) is 8.42 Å². The second-order valence-electron chi connectivity index (χ2n) is 7.25. The number of hydrogen-bond donors (Lipinski definition) is 0. The molecule has 0 radical (unpaired) electrons. The quantitative estimate of drug-likeness (QED) is 0.735. The molecule has 0 saturated carbocycles. The van der Waals surface area contributed by atoms with Crippen LogP contribution in [0.2, 0.25) is 0 Å². The fraction of sp³-hybridized carbons (Fsp3) is 0.500. The predicted molar refractivity (Wildman–Crippen MR) is 110 cm³/mol. The van der Waals surface area contributed by atoms with Gasteiger partial charge in [0.1, 0.15) is 5.75 Å². The van der Waals surface area contributed by atoms with E-state index in [2.05, 4.69) is 9.88 Å². The Kier molecular flexibility index (Phi) is 5.71. The van der Waals surface area contributed by atoms with E-state index in [4.69, 9.17) is 14.5 Å². The zero-order valence-electron chi connectivity index (χ0n) is 16.8. The minimum absolute atomic E-state index is 0.0726. The van der Waals surface area contributed by atoms with Gasteiger partial charge in [0.15, 0.2) is 0 Å². The van der Waals surface area contributed by atoms with Crippen molar-refractivity contribution in [1.82, 2.24) is 14.3 Å². The molecule has 4 rings (SSSR count). The van der Waals surface area contributed by atoms with Crippen molar-refractivity contribution in [1.29, 1.82) is 0 Å². The fourth-order valence-corrected chi connectivity index (χ4v) is 4.53. The van der Waals surface area contributed by atoms with Gasteiger partial charge in [0, 0.05) is 32.6 Å². The number of nitrogens with zero attached hydrogens (tertiary/aromatic N) is 4. The topological polar surface area (TPSA) is 84.9 Å². The van der Waals surface area contributed by atoms with E-state index in [1.807, 2.05) is 31.2 Å². The Morgan fingerprint density at radius 1 is 1.10 bits per heavy atom. The maximum Gasteiger partial charge on any atom is 0.229 e. The minimum atomic E-state index is -3.29. The average molecular weight is 419 g/mol. The number of morpholine rings is 1. The van der Waals surface area contributed by atoms with Crippen LogP contribution in [0.1, 0.15) is 23.7 Å². The van der Waals surface area contributed by atoms with Crippen LogP contribution in [0.15, 0.2) is 24.3 Å². The number of rotatable bonds is 5. The molecule has 3 heterocycles. The van der Waals surface area contributed by atoms with Gasteiger partial charge in [-0.2, -0.15) is 9.29 Å². The largest absolute Gasteiger partial charge is 0.439 e. The molecule has 0 aliphatic carbocycles. The maximum absolute atomic E-state index is 12.4. The van der Waals surface area contributed by atoms with Crippen LogP contribution in [0, 0.1) is 6.92 Å². The van der Waals surface area contributed by atoms with Gasteiger partial charge in [0.05, 0.1) is 30.2 Å². The zero-order valence-corrected chi connectivity index (χ0v) is 17.6. The number of aryl methyl sites for hydroxylation is 1. The molecule has 0 N–H and O–H groups in total. The van der Waals surface area contributed by atoms with Crippen molar-refractivity contribution < 1.29 is 17.9 Å². The van der Waals surface area contributed by atoms with Gasteiger partial charge in [0.2, 0.25) is 21.9 Å². The molecule has 8 nitrogen and oxygen atoms in total.